The third-order valence-electron chi connectivity index (χ3n) is 3.85. The molecule has 23 heavy (non-hydrogen) atoms. The van der Waals surface area contributed by atoms with Crippen LogP contribution in [0.5, 0.6) is 5.88 Å². The number of halogens is 1. The lowest BCUT2D eigenvalue weighted by Gasteiger charge is -2.27. The van der Waals surface area contributed by atoms with Gasteiger partial charge in [-0.1, -0.05) is 19.1 Å². The fraction of sp³-hybridized carbons (Fsp3) is 0.333. The summed E-state index contributed by atoms with van der Waals surface area (Å²) in [6.07, 6.45) is 1.68. The zero-order valence-corrected chi connectivity index (χ0v) is 13.1. The highest BCUT2D eigenvalue weighted by Gasteiger charge is 2.24. The first-order valence-electron chi connectivity index (χ1n) is 7.84. The molecule has 1 amide bonds. The number of pyridine rings is 1. The average molecular weight is 314 g/mol. The predicted octanol–water partition coefficient (Wildman–Crippen LogP) is 3.21. The molecule has 1 aromatic carbocycles. The summed E-state index contributed by atoms with van der Waals surface area (Å²) in [6, 6.07) is 9.75. The molecule has 5 heteroatoms. The van der Waals surface area contributed by atoms with Crippen molar-refractivity contribution < 1.29 is 13.9 Å². The van der Waals surface area contributed by atoms with Gasteiger partial charge < -0.3 is 9.64 Å². The number of ether oxygens (including phenoxy) is 1. The number of nitrogens with zero attached hydrogens (tertiary/aromatic N) is 2. The van der Waals surface area contributed by atoms with Crippen LogP contribution in [0.15, 0.2) is 36.4 Å². The number of hydrogen-bond acceptors (Lipinski definition) is 3. The molecule has 0 radical (unpaired) electrons. The summed E-state index contributed by atoms with van der Waals surface area (Å²) >= 11 is 0. The molecular weight excluding hydrogens is 295 g/mol. The van der Waals surface area contributed by atoms with Crippen LogP contribution < -0.4 is 4.74 Å². The van der Waals surface area contributed by atoms with E-state index in [0.717, 1.165) is 30.6 Å². The molecular formula is C18H19FN2O2. The molecule has 2 aromatic rings. The molecule has 1 aromatic heterocycles. The van der Waals surface area contributed by atoms with Crippen LogP contribution in [0.4, 0.5) is 4.39 Å². The topological polar surface area (TPSA) is 42.4 Å². The van der Waals surface area contributed by atoms with Crippen molar-refractivity contribution >= 4 is 5.91 Å². The summed E-state index contributed by atoms with van der Waals surface area (Å²) in [5, 5.41) is 0. The van der Waals surface area contributed by atoms with E-state index in [1.165, 1.54) is 12.1 Å². The van der Waals surface area contributed by atoms with Crippen molar-refractivity contribution in [3.8, 4) is 5.88 Å². The van der Waals surface area contributed by atoms with Crippen LogP contribution in [-0.4, -0.2) is 28.9 Å². The normalized spacial score (nSPS) is 13.8. The Morgan fingerprint density at radius 1 is 1.30 bits per heavy atom. The third kappa shape index (κ3) is 3.50. The third-order valence-corrected chi connectivity index (χ3v) is 3.85. The van der Waals surface area contributed by atoms with Gasteiger partial charge in [0.25, 0.3) is 5.91 Å². The minimum absolute atomic E-state index is 0.0391. The summed E-state index contributed by atoms with van der Waals surface area (Å²) < 4.78 is 18.8. The largest absolute Gasteiger partial charge is 0.473 e. The molecule has 3 rings (SSSR count). The summed E-state index contributed by atoms with van der Waals surface area (Å²) in [4.78, 5) is 18.6. The fourth-order valence-corrected chi connectivity index (χ4v) is 2.73. The Morgan fingerprint density at radius 2 is 2.17 bits per heavy atom. The number of aromatic nitrogens is 1. The molecule has 0 atom stereocenters. The smallest absolute Gasteiger partial charge is 0.255 e. The van der Waals surface area contributed by atoms with E-state index >= 15 is 0 Å². The molecule has 0 saturated carbocycles. The Bertz CT molecular complexity index is 718. The minimum atomic E-state index is -0.286. The van der Waals surface area contributed by atoms with Crippen LogP contribution >= 0.6 is 0 Å². The highest BCUT2D eigenvalue weighted by Crippen LogP contribution is 2.21. The Morgan fingerprint density at radius 3 is 2.96 bits per heavy atom. The predicted molar refractivity (Wildman–Crippen MR) is 84.9 cm³/mol. The SMILES string of the molecule is CCCN1CCc2nc(OCc3cccc(F)c3)ccc2C1=O. The second kappa shape index (κ2) is 6.77. The Kier molecular flexibility index (Phi) is 4.55. The first kappa shape index (κ1) is 15.5. The maximum absolute atomic E-state index is 13.1. The van der Waals surface area contributed by atoms with Crippen LogP contribution in [0.1, 0.15) is 35.0 Å². The maximum Gasteiger partial charge on any atom is 0.255 e. The van der Waals surface area contributed by atoms with Gasteiger partial charge in [-0.3, -0.25) is 4.79 Å². The molecule has 2 heterocycles. The second-order valence-electron chi connectivity index (χ2n) is 5.60. The molecule has 0 spiro atoms. The zero-order valence-electron chi connectivity index (χ0n) is 13.1. The van der Waals surface area contributed by atoms with E-state index in [1.807, 2.05) is 4.90 Å². The van der Waals surface area contributed by atoms with E-state index in [4.69, 9.17) is 4.74 Å². The van der Waals surface area contributed by atoms with E-state index in [9.17, 15) is 9.18 Å². The molecule has 0 fully saturated rings. The van der Waals surface area contributed by atoms with Crippen LogP contribution in [0.2, 0.25) is 0 Å². The van der Waals surface area contributed by atoms with Gasteiger partial charge in [0.15, 0.2) is 0 Å². The van der Waals surface area contributed by atoms with Gasteiger partial charge in [0.05, 0.1) is 11.3 Å². The maximum atomic E-state index is 13.1. The van der Waals surface area contributed by atoms with Crippen molar-refractivity contribution in [1.29, 1.82) is 0 Å². The number of carbonyl (C=O) groups is 1. The monoisotopic (exact) mass is 314 g/mol. The quantitative estimate of drug-likeness (QED) is 0.851. The molecule has 0 bridgehead atoms. The Balaban J connectivity index is 1.71. The number of amides is 1. The summed E-state index contributed by atoms with van der Waals surface area (Å²) in [7, 11) is 0. The lowest BCUT2D eigenvalue weighted by Crippen LogP contribution is -2.38. The van der Waals surface area contributed by atoms with Crippen molar-refractivity contribution in [1.82, 2.24) is 9.88 Å². The first-order valence-corrected chi connectivity index (χ1v) is 7.84. The first-order chi connectivity index (χ1) is 11.2. The Hall–Kier alpha value is -2.43. The molecule has 1 aliphatic heterocycles. The van der Waals surface area contributed by atoms with E-state index < -0.39 is 0 Å². The van der Waals surface area contributed by atoms with Crippen molar-refractivity contribution in [3.05, 3.63) is 59.0 Å². The van der Waals surface area contributed by atoms with Crippen LogP contribution in [-0.2, 0) is 13.0 Å². The van der Waals surface area contributed by atoms with Gasteiger partial charge >= 0.3 is 0 Å². The Labute approximate surface area is 134 Å². The van der Waals surface area contributed by atoms with E-state index in [-0.39, 0.29) is 18.3 Å². The van der Waals surface area contributed by atoms with Crippen molar-refractivity contribution in [2.24, 2.45) is 0 Å². The molecule has 4 nitrogen and oxygen atoms in total. The highest BCUT2D eigenvalue weighted by molar-refractivity contribution is 5.96. The van der Waals surface area contributed by atoms with Crippen LogP contribution in [0.3, 0.4) is 0 Å². The molecule has 0 saturated heterocycles. The van der Waals surface area contributed by atoms with Crippen molar-refractivity contribution in [2.45, 2.75) is 26.4 Å². The van der Waals surface area contributed by atoms with Crippen molar-refractivity contribution in [3.63, 3.8) is 0 Å². The fourth-order valence-electron chi connectivity index (χ4n) is 2.73. The number of benzene rings is 1. The second-order valence-corrected chi connectivity index (χ2v) is 5.60. The van der Waals surface area contributed by atoms with Gasteiger partial charge in [-0.05, 0) is 30.2 Å². The lowest BCUT2D eigenvalue weighted by molar-refractivity contribution is 0.0737. The lowest BCUT2D eigenvalue weighted by atomic mass is 10.0. The molecule has 0 N–H and O–H groups in total. The number of fused-ring (bicyclic) bond motifs is 1. The standard InChI is InChI=1S/C18H19FN2O2/c1-2-9-21-10-8-16-15(18(21)22)6-7-17(20-16)23-12-13-4-3-5-14(19)11-13/h3-7,11H,2,8-10,12H2,1H3. The highest BCUT2D eigenvalue weighted by atomic mass is 19.1. The van der Waals surface area contributed by atoms with E-state index in [2.05, 4.69) is 11.9 Å². The summed E-state index contributed by atoms with van der Waals surface area (Å²) in [5.41, 5.74) is 2.18. The molecule has 1 aliphatic rings. The van der Waals surface area contributed by atoms with Gasteiger partial charge in [-0.25, -0.2) is 9.37 Å². The number of rotatable bonds is 5. The van der Waals surface area contributed by atoms with Gasteiger partial charge in [0, 0.05) is 25.6 Å². The number of carbonyl (C=O) groups excluding carboxylic acids is 1. The summed E-state index contributed by atoms with van der Waals surface area (Å²) in [5.74, 6) is 0.216. The zero-order chi connectivity index (χ0) is 16.2. The molecule has 0 unspecified atom stereocenters. The van der Waals surface area contributed by atoms with E-state index in [0.29, 0.717) is 18.0 Å². The van der Waals surface area contributed by atoms with Crippen molar-refractivity contribution in [2.75, 3.05) is 13.1 Å². The summed E-state index contributed by atoms with van der Waals surface area (Å²) in [6.45, 7) is 3.78. The van der Waals surface area contributed by atoms with Crippen LogP contribution in [0.25, 0.3) is 0 Å². The number of hydrogen-bond donors (Lipinski definition) is 0. The molecule has 120 valence electrons. The van der Waals surface area contributed by atoms with Gasteiger partial charge in [-0.2, -0.15) is 0 Å². The minimum Gasteiger partial charge on any atom is -0.473 e. The average Bonchev–Trinajstić information content (AvgIpc) is 2.56. The van der Waals surface area contributed by atoms with Crippen LogP contribution in [0, 0.1) is 5.82 Å². The van der Waals surface area contributed by atoms with E-state index in [1.54, 1.807) is 24.3 Å². The molecule has 0 aliphatic carbocycles. The van der Waals surface area contributed by atoms with Gasteiger partial charge in [0.1, 0.15) is 12.4 Å². The van der Waals surface area contributed by atoms with Gasteiger partial charge in [-0.15, -0.1) is 0 Å². The van der Waals surface area contributed by atoms with Gasteiger partial charge in [0.2, 0.25) is 5.88 Å².